The van der Waals surface area contributed by atoms with Crippen LogP contribution in [0.25, 0.3) is 12.7 Å². The van der Waals surface area contributed by atoms with E-state index < -0.39 is 5.63 Å². The van der Waals surface area contributed by atoms with Crippen molar-refractivity contribution < 1.29 is 14.0 Å². The lowest BCUT2D eigenvalue weighted by Crippen LogP contribution is -2.31. The molecule has 1 aromatic carbocycles. The van der Waals surface area contributed by atoms with Crippen LogP contribution in [-0.2, 0) is 0 Å². The summed E-state index contributed by atoms with van der Waals surface area (Å²) in [6.45, 7) is 8.48. The number of benzene rings is 1. The summed E-state index contributed by atoms with van der Waals surface area (Å²) in [6, 6.07) is 5.48. The molecule has 5 heteroatoms. The summed E-state index contributed by atoms with van der Waals surface area (Å²) < 4.78 is 15.7. The average Bonchev–Trinajstić information content (AvgIpc) is 2.77. The first kappa shape index (κ1) is 15.0. The molecule has 0 saturated carbocycles. The minimum atomic E-state index is -0.445. The van der Waals surface area contributed by atoms with Crippen molar-refractivity contribution in [3.8, 4) is 11.5 Å². The molecule has 2 rings (SSSR count). The lowest BCUT2D eigenvalue weighted by atomic mass is 10.1. The van der Waals surface area contributed by atoms with Crippen LogP contribution in [0.3, 0.4) is 0 Å². The van der Waals surface area contributed by atoms with E-state index in [2.05, 4.69) is 30.1 Å². The number of methoxy groups -OCH3 is 1. The van der Waals surface area contributed by atoms with Gasteiger partial charge in [0.25, 0.3) is 0 Å². The van der Waals surface area contributed by atoms with Gasteiger partial charge in [-0.1, -0.05) is 26.5 Å². The molecule has 0 aliphatic heterocycles. The van der Waals surface area contributed by atoms with Crippen LogP contribution < -0.4 is 25.7 Å². The Morgan fingerprint density at radius 2 is 2.14 bits per heavy atom. The first-order valence-electron chi connectivity index (χ1n) is 6.70. The molecule has 5 nitrogen and oxygen atoms in total. The predicted molar refractivity (Wildman–Crippen MR) is 81.0 cm³/mol. The summed E-state index contributed by atoms with van der Waals surface area (Å²) in [7, 11) is 1.58. The van der Waals surface area contributed by atoms with Crippen LogP contribution in [-0.4, -0.2) is 18.9 Å². The number of nitrogens with one attached hydrogen (secondary N) is 1. The van der Waals surface area contributed by atoms with Gasteiger partial charge in [-0.05, 0) is 29.7 Å². The lowest BCUT2D eigenvalue weighted by molar-refractivity contribution is 0.257. The monoisotopic (exact) mass is 289 g/mol. The summed E-state index contributed by atoms with van der Waals surface area (Å²) in [6.07, 6.45) is 1.69. The van der Waals surface area contributed by atoms with Crippen molar-refractivity contribution in [2.24, 2.45) is 5.92 Å². The molecule has 0 atom stereocenters. The fourth-order valence-electron chi connectivity index (χ4n) is 1.80. The number of ether oxygens (including phenoxy) is 2. The molecule has 0 fully saturated rings. The van der Waals surface area contributed by atoms with Gasteiger partial charge in [0.1, 0.15) is 0 Å². The van der Waals surface area contributed by atoms with E-state index in [-0.39, 0.29) is 0 Å². The maximum absolute atomic E-state index is 11.5. The molecule has 1 heterocycles. The normalized spacial score (nSPS) is 11.9. The molecule has 0 aliphatic rings. The van der Waals surface area contributed by atoms with E-state index in [0.29, 0.717) is 34.6 Å². The Hall–Kier alpha value is -2.43. The number of hydrogen-bond acceptors (Lipinski definition) is 4. The zero-order valence-electron chi connectivity index (χ0n) is 12.4. The van der Waals surface area contributed by atoms with Gasteiger partial charge in [0, 0.05) is 0 Å². The SMILES string of the molecule is C=c1[nH]oc(=O)c1=Cc1ccc(OCC(C)C)c(OC)c1. The molecular formula is C16H19NO4. The van der Waals surface area contributed by atoms with E-state index in [1.165, 1.54) is 0 Å². The van der Waals surface area contributed by atoms with E-state index >= 15 is 0 Å². The van der Waals surface area contributed by atoms with Crippen molar-refractivity contribution in [3.05, 3.63) is 44.8 Å². The van der Waals surface area contributed by atoms with Gasteiger partial charge in [-0.3, -0.25) is 0 Å². The second kappa shape index (κ2) is 6.35. The molecule has 1 aromatic heterocycles. The van der Waals surface area contributed by atoms with Crippen molar-refractivity contribution in [2.45, 2.75) is 13.8 Å². The van der Waals surface area contributed by atoms with Crippen LogP contribution in [0.2, 0.25) is 0 Å². The van der Waals surface area contributed by atoms with Crippen LogP contribution in [0.15, 0.2) is 27.5 Å². The minimum absolute atomic E-state index is 0.396. The first-order valence-corrected chi connectivity index (χ1v) is 6.70. The molecule has 0 aliphatic carbocycles. The molecule has 0 spiro atoms. The Kier molecular flexibility index (Phi) is 4.52. The first-order chi connectivity index (χ1) is 10.0. The molecular weight excluding hydrogens is 270 g/mol. The third-order valence-electron chi connectivity index (χ3n) is 2.88. The highest BCUT2D eigenvalue weighted by atomic mass is 16.5. The number of aromatic amines is 1. The predicted octanol–water partition coefficient (Wildman–Crippen LogP) is 1.25. The topological polar surface area (TPSA) is 64.5 Å². The minimum Gasteiger partial charge on any atom is -0.493 e. The summed E-state index contributed by atoms with van der Waals surface area (Å²) in [5.41, 5.74) is 0.361. The van der Waals surface area contributed by atoms with Gasteiger partial charge in [0.05, 0.1) is 24.3 Å². The van der Waals surface area contributed by atoms with Crippen molar-refractivity contribution in [1.29, 1.82) is 0 Å². The van der Waals surface area contributed by atoms with Crippen molar-refractivity contribution >= 4 is 12.7 Å². The summed E-state index contributed by atoms with van der Waals surface area (Å²) in [4.78, 5) is 11.5. The lowest BCUT2D eigenvalue weighted by Gasteiger charge is -2.12. The second-order valence-corrected chi connectivity index (χ2v) is 5.14. The highest BCUT2D eigenvalue weighted by Gasteiger charge is 2.06. The van der Waals surface area contributed by atoms with E-state index in [1.807, 2.05) is 18.2 Å². The van der Waals surface area contributed by atoms with E-state index in [4.69, 9.17) is 9.47 Å². The summed E-state index contributed by atoms with van der Waals surface area (Å²) in [5, 5.41) is 3.28. The largest absolute Gasteiger partial charge is 0.493 e. The number of rotatable bonds is 5. The van der Waals surface area contributed by atoms with Crippen LogP contribution in [0.4, 0.5) is 0 Å². The summed E-state index contributed by atoms with van der Waals surface area (Å²) >= 11 is 0. The molecule has 0 radical (unpaired) electrons. The maximum Gasteiger partial charge on any atom is 0.365 e. The van der Waals surface area contributed by atoms with Gasteiger partial charge in [0.15, 0.2) is 11.5 Å². The van der Waals surface area contributed by atoms with Crippen molar-refractivity contribution in [2.75, 3.05) is 13.7 Å². The van der Waals surface area contributed by atoms with Crippen molar-refractivity contribution in [3.63, 3.8) is 0 Å². The number of H-pyrrole nitrogens is 1. The third-order valence-corrected chi connectivity index (χ3v) is 2.88. The van der Waals surface area contributed by atoms with E-state index in [1.54, 1.807) is 13.2 Å². The van der Waals surface area contributed by atoms with Crippen LogP contribution in [0.1, 0.15) is 19.4 Å². The third kappa shape index (κ3) is 3.56. The van der Waals surface area contributed by atoms with Crippen LogP contribution in [0, 0.1) is 5.92 Å². The Morgan fingerprint density at radius 1 is 1.38 bits per heavy atom. The maximum atomic E-state index is 11.5. The molecule has 112 valence electrons. The fraction of sp³-hybridized carbons (Fsp3) is 0.312. The molecule has 0 amide bonds. The summed E-state index contributed by atoms with van der Waals surface area (Å²) in [5.74, 6) is 1.73. The Labute approximate surface area is 122 Å². The Morgan fingerprint density at radius 3 is 2.71 bits per heavy atom. The average molecular weight is 289 g/mol. The van der Waals surface area contributed by atoms with Gasteiger partial charge >= 0.3 is 5.63 Å². The smallest absolute Gasteiger partial charge is 0.365 e. The highest BCUT2D eigenvalue weighted by Crippen LogP contribution is 2.28. The highest BCUT2D eigenvalue weighted by molar-refractivity contribution is 5.55. The van der Waals surface area contributed by atoms with Gasteiger partial charge < -0.3 is 14.0 Å². The zero-order chi connectivity index (χ0) is 15.4. The van der Waals surface area contributed by atoms with Gasteiger partial charge in [-0.25, -0.2) is 9.95 Å². The van der Waals surface area contributed by atoms with Gasteiger partial charge in [-0.2, -0.15) is 0 Å². The quantitative estimate of drug-likeness (QED) is 0.900. The molecule has 0 bridgehead atoms. The van der Waals surface area contributed by atoms with Gasteiger partial charge in [-0.15, -0.1) is 0 Å². The molecule has 0 saturated heterocycles. The molecule has 1 N–H and O–H groups in total. The number of hydrogen-bond donors (Lipinski definition) is 1. The van der Waals surface area contributed by atoms with E-state index in [0.717, 1.165) is 5.56 Å². The molecule has 2 aromatic rings. The standard InChI is InChI=1S/C16H19NO4/c1-10(2)9-20-14-6-5-12(8-15(14)19-4)7-13-11(3)17-21-16(13)18/h5-8,10,17H,3,9H2,1-2,4H3. The fourth-order valence-corrected chi connectivity index (χ4v) is 1.80. The number of aromatic nitrogens is 1. The van der Waals surface area contributed by atoms with Crippen molar-refractivity contribution in [1.82, 2.24) is 5.16 Å². The molecule has 0 unspecified atom stereocenters. The Bertz CT molecular complexity index is 740. The van der Waals surface area contributed by atoms with E-state index in [9.17, 15) is 4.79 Å². The van der Waals surface area contributed by atoms with Crippen LogP contribution >= 0.6 is 0 Å². The molecule has 21 heavy (non-hydrogen) atoms. The van der Waals surface area contributed by atoms with Crippen LogP contribution in [0.5, 0.6) is 11.5 Å². The van der Waals surface area contributed by atoms with Gasteiger partial charge in [0.2, 0.25) is 0 Å². The second-order valence-electron chi connectivity index (χ2n) is 5.14. The zero-order valence-corrected chi connectivity index (χ0v) is 12.4. The Balaban J connectivity index is 2.38.